The lowest BCUT2D eigenvalue weighted by atomic mass is 9.95. The Morgan fingerprint density at radius 2 is 1.72 bits per heavy atom. The number of halogens is 1. The quantitative estimate of drug-likeness (QED) is 0.801. The summed E-state index contributed by atoms with van der Waals surface area (Å²) in [4.78, 5) is 23.8. The van der Waals surface area contributed by atoms with Crippen LogP contribution in [-0.2, 0) is 15.1 Å². The maximum absolute atomic E-state index is 12.3. The van der Waals surface area contributed by atoms with Crippen LogP contribution in [0.5, 0.6) is 0 Å². The fraction of sp³-hybridized carbons (Fsp3) is 0.263. The minimum absolute atomic E-state index is 0.262. The lowest BCUT2D eigenvalue weighted by molar-refractivity contribution is 0.00315. The van der Waals surface area contributed by atoms with Crippen molar-refractivity contribution in [1.82, 2.24) is 5.32 Å². The zero-order chi connectivity index (χ0) is 18.4. The molecule has 0 aliphatic rings. The normalized spacial score (nSPS) is 13.0. The molecule has 1 atom stereocenters. The Labute approximate surface area is 151 Å². The number of ether oxygens (including phenoxy) is 2. The monoisotopic (exact) mass is 361 g/mol. The predicted molar refractivity (Wildman–Crippen MR) is 95.9 cm³/mol. The van der Waals surface area contributed by atoms with Crippen LogP contribution in [0.4, 0.5) is 0 Å². The maximum Gasteiger partial charge on any atom is 0.337 e. The number of benzene rings is 2. The smallest absolute Gasteiger partial charge is 0.337 e. The first-order valence-corrected chi connectivity index (χ1v) is 8.05. The molecule has 0 unspecified atom stereocenters. The zero-order valence-electron chi connectivity index (χ0n) is 14.3. The van der Waals surface area contributed by atoms with Gasteiger partial charge in [-0.3, -0.25) is 4.79 Å². The van der Waals surface area contributed by atoms with E-state index in [2.05, 4.69) is 10.1 Å². The number of nitrogens with one attached hydrogen (secondary N) is 1. The van der Waals surface area contributed by atoms with Gasteiger partial charge in [-0.2, -0.15) is 0 Å². The van der Waals surface area contributed by atoms with E-state index in [-0.39, 0.29) is 12.5 Å². The van der Waals surface area contributed by atoms with E-state index >= 15 is 0 Å². The molecule has 2 rings (SSSR count). The highest BCUT2D eigenvalue weighted by Gasteiger charge is 2.27. The van der Waals surface area contributed by atoms with E-state index in [1.165, 1.54) is 7.11 Å². The summed E-state index contributed by atoms with van der Waals surface area (Å²) in [7, 11) is 2.89. The molecule has 0 aliphatic heterocycles. The zero-order valence-corrected chi connectivity index (χ0v) is 15.1. The van der Waals surface area contributed by atoms with Crippen LogP contribution in [0.2, 0.25) is 5.02 Å². The van der Waals surface area contributed by atoms with Gasteiger partial charge in [0.2, 0.25) is 0 Å². The Bertz CT molecular complexity index is 760. The number of amides is 1. The molecule has 1 N–H and O–H groups in total. The maximum atomic E-state index is 12.3. The van der Waals surface area contributed by atoms with Crippen molar-refractivity contribution in [2.45, 2.75) is 12.5 Å². The van der Waals surface area contributed by atoms with Crippen LogP contribution in [-0.4, -0.2) is 32.6 Å². The van der Waals surface area contributed by atoms with Crippen molar-refractivity contribution < 1.29 is 19.1 Å². The number of hydrogen-bond donors (Lipinski definition) is 1. The summed E-state index contributed by atoms with van der Waals surface area (Å²) in [6, 6.07) is 13.6. The average Bonchev–Trinajstić information content (AvgIpc) is 2.65. The van der Waals surface area contributed by atoms with Crippen LogP contribution in [0.15, 0.2) is 48.5 Å². The molecule has 0 aromatic heterocycles. The Kier molecular flexibility index (Phi) is 6.17. The van der Waals surface area contributed by atoms with E-state index in [1.54, 1.807) is 37.4 Å². The van der Waals surface area contributed by atoms with Crippen molar-refractivity contribution in [3.05, 3.63) is 70.2 Å². The summed E-state index contributed by atoms with van der Waals surface area (Å²) in [5, 5.41) is 3.45. The molecule has 132 valence electrons. The third kappa shape index (κ3) is 4.59. The van der Waals surface area contributed by atoms with Crippen LogP contribution < -0.4 is 5.32 Å². The SMILES string of the molecule is COC(=O)c1ccc(C(=O)NC[C@](C)(OC)c2cccc(Cl)c2)cc1. The Morgan fingerprint density at radius 3 is 2.28 bits per heavy atom. The number of carbonyl (C=O) groups is 2. The molecule has 25 heavy (non-hydrogen) atoms. The van der Waals surface area contributed by atoms with E-state index in [9.17, 15) is 9.59 Å². The fourth-order valence-corrected chi connectivity index (χ4v) is 2.53. The van der Waals surface area contributed by atoms with Crippen molar-refractivity contribution in [3.63, 3.8) is 0 Å². The largest absolute Gasteiger partial charge is 0.465 e. The van der Waals surface area contributed by atoms with E-state index < -0.39 is 11.6 Å². The first-order chi connectivity index (χ1) is 11.9. The van der Waals surface area contributed by atoms with E-state index in [1.807, 2.05) is 25.1 Å². The van der Waals surface area contributed by atoms with Crippen LogP contribution in [0.1, 0.15) is 33.2 Å². The summed E-state index contributed by atoms with van der Waals surface area (Å²) in [6.45, 7) is 2.14. The second-order valence-electron chi connectivity index (χ2n) is 5.70. The second-order valence-corrected chi connectivity index (χ2v) is 6.13. The summed E-state index contributed by atoms with van der Waals surface area (Å²) in [5.41, 5.74) is 0.979. The number of esters is 1. The van der Waals surface area contributed by atoms with Crippen molar-refractivity contribution in [2.75, 3.05) is 20.8 Å². The molecule has 0 heterocycles. The minimum atomic E-state index is -0.716. The lowest BCUT2D eigenvalue weighted by Crippen LogP contribution is -2.40. The predicted octanol–water partition coefficient (Wildman–Crippen LogP) is 3.42. The van der Waals surface area contributed by atoms with Gasteiger partial charge in [-0.15, -0.1) is 0 Å². The van der Waals surface area contributed by atoms with Crippen LogP contribution in [0.3, 0.4) is 0 Å². The number of hydrogen-bond acceptors (Lipinski definition) is 4. The average molecular weight is 362 g/mol. The van der Waals surface area contributed by atoms with Crippen molar-refractivity contribution in [3.8, 4) is 0 Å². The van der Waals surface area contributed by atoms with E-state index in [4.69, 9.17) is 16.3 Å². The standard InChI is InChI=1S/C19H20ClNO4/c1-19(25-3,15-5-4-6-16(20)11-15)12-21-17(22)13-7-9-14(10-8-13)18(23)24-2/h4-11H,12H2,1-3H3,(H,21,22)/t19-/m0/s1. The summed E-state index contributed by atoms with van der Waals surface area (Å²) >= 11 is 6.04. The van der Waals surface area contributed by atoms with Gasteiger partial charge in [0.25, 0.3) is 5.91 Å². The number of rotatable bonds is 6. The van der Waals surface area contributed by atoms with Gasteiger partial charge >= 0.3 is 5.97 Å². The molecular weight excluding hydrogens is 342 g/mol. The van der Waals surface area contributed by atoms with Crippen LogP contribution in [0.25, 0.3) is 0 Å². The minimum Gasteiger partial charge on any atom is -0.465 e. The van der Waals surface area contributed by atoms with Crippen molar-refractivity contribution >= 4 is 23.5 Å². The summed E-state index contributed by atoms with van der Waals surface area (Å²) in [5.74, 6) is -0.707. The molecule has 2 aromatic carbocycles. The second kappa shape index (κ2) is 8.14. The molecule has 0 spiro atoms. The van der Waals surface area contributed by atoms with Crippen LogP contribution >= 0.6 is 11.6 Å². The van der Waals surface area contributed by atoms with Gasteiger partial charge in [0, 0.05) is 17.7 Å². The van der Waals surface area contributed by atoms with Gasteiger partial charge in [-0.05, 0) is 48.9 Å². The van der Waals surface area contributed by atoms with E-state index in [0.717, 1.165) is 5.56 Å². The molecule has 0 saturated carbocycles. The molecule has 6 heteroatoms. The highest BCUT2D eigenvalue weighted by atomic mass is 35.5. The Balaban J connectivity index is 2.08. The van der Waals surface area contributed by atoms with Gasteiger partial charge in [-0.25, -0.2) is 4.79 Å². The van der Waals surface area contributed by atoms with Gasteiger partial charge in [-0.1, -0.05) is 23.7 Å². The Hall–Kier alpha value is -2.37. The Morgan fingerprint density at radius 1 is 1.08 bits per heavy atom. The molecule has 1 amide bonds. The first kappa shape index (κ1) is 19.0. The topological polar surface area (TPSA) is 64.6 Å². The van der Waals surface area contributed by atoms with Gasteiger partial charge < -0.3 is 14.8 Å². The molecule has 5 nitrogen and oxygen atoms in total. The third-order valence-corrected chi connectivity index (χ3v) is 4.28. The van der Waals surface area contributed by atoms with Gasteiger partial charge in [0.05, 0.1) is 19.2 Å². The lowest BCUT2D eigenvalue weighted by Gasteiger charge is -2.29. The molecule has 2 aromatic rings. The molecular formula is C19H20ClNO4. The van der Waals surface area contributed by atoms with Gasteiger partial charge in [0.15, 0.2) is 0 Å². The first-order valence-electron chi connectivity index (χ1n) is 7.67. The fourth-order valence-electron chi connectivity index (χ4n) is 2.34. The van der Waals surface area contributed by atoms with Crippen LogP contribution in [0, 0.1) is 0 Å². The number of methoxy groups -OCH3 is 2. The molecule has 0 radical (unpaired) electrons. The van der Waals surface area contributed by atoms with E-state index in [0.29, 0.717) is 16.1 Å². The molecule has 0 saturated heterocycles. The number of carbonyl (C=O) groups excluding carboxylic acids is 2. The van der Waals surface area contributed by atoms with Gasteiger partial charge in [0.1, 0.15) is 5.60 Å². The highest BCUT2D eigenvalue weighted by Crippen LogP contribution is 2.26. The third-order valence-electron chi connectivity index (χ3n) is 4.04. The highest BCUT2D eigenvalue weighted by molar-refractivity contribution is 6.30. The summed E-state index contributed by atoms with van der Waals surface area (Å²) < 4.78 is 10.2. The summed E-state index contributed by atoms with van der Waals surface area (Å²) in [6.07, 6.45) is 0. The van der Waals surface area contributed by atoms with Crippen molar-refractivity contribution in [2.24, 2.45) is 0 Å². The van der Waals surface area contributed by atoms with Crippen molar-refractivity contribution in [1.29, 1.82) is 0 Å². The molecule has 0 bridgehead atoms. The molecule has 0 fully saturated rings. The molecule has 0 aliphatic carbocycles.